The van der Waals surface area contributed by atoms with E-state index in [9.17, 15) is 9.90 Å². The number of aliphatic hydroxyl groups excluding tert-OH is 1. The molecule has 5 heteroatoms. The molecule has 3 rings (SSSR count). The first-order valence-electron chi connectivity index (χ1n) is 5.44. The summed E-state index contributed by atoms with van der Waals surface area (Å²) in [7, 11) is 0. The van der Waals surface area contributed by atoms with Crippen LogP contribution < -0.4 is 9.47 Å². The van der Waals surface area contributed by atoms with E-state index in [0.29, 0.717) is 29.9 Å². The number of fused-ring (bicyclic) bond motifs is 1. The molecule has 1 atom stereocenters. The zero-order valence-corrected chi connectivity index (χ0v) is 9.05. The highest BCUT2D eigenvalue weighted by Crippen LogP contribution is 2.55. The molecule has 0 bridgehead atoms. The van der Waals surface area contributed by atoms with Crippen molar-refractivity contribution in [2.75, 3.05) is 6.79 Å². The molecular weight excluding hydrogens is 224 g/mol. The monoisotopic (exact) mass is 236 g/mol. The van der Waals surface area contributed by atoms with Gasteiger partial charge in [0.25, 0.3) is 0 Å². The summed E-state index contributed by atoms with van der Waals surface area (Å²) in [6.45, 7) is 0.166. The molecule has 0 radical (unpaired) electrons. The first-order chi connectivity index (χ1) is 8.13. The van der Waals surface area contributed by atoms with Crippen LogP contribution in [0, 0.1) is 5.41 Å². The van der Waals surface area contributed by atoms with Gasteiger partial charge >= 0.3 is 5.97 Å². The number of aliphatic carboxylic acids is 1. The van der Waals surface area contributed by atoms with Gasteiger partial charge in [-0.1, -0.05) is 6.07 Å². The Hall–Kier alpha value is -1.75. The summed E-state index contributed by atoms with van der Waals surface area (Å²) in [6, 6.07) is 5.02. The van der Waals surface area contributed by atoms with Crippen molar-refractivity contribution in [2.24, 2.45) is 5.41 Å². The number of benzene rings is 1. The molecule has 5 nitrogen and oxygen atoms in total. The molecule has 1 heterocycles. The Morgan fingerprint density at radius 3 is 2.65 bits per heavy atom. The second kappa shape index (κ2) is 3.37. The normalized spacial score (nSPS) is 21.0. The minimum absolute atomic E-state index is 0.166. The van der Waals surface area contributed by atoms with E-state index in [1.807, 2.05) is 0 Å². The van der Waals surface area contributed by atoms with Gasteiger partial charge in [-0.05, 0) is 30.5 Å². The summed E-state index contributed by atoms with van der Waals surface area (Å²) in [5.74, 6) is 0.242. The van der Waals surface area contributed by atoms with Crippen LogP contribution in [0.15, 0.2) is 18.2 Å². The maximum Gasteiger partial charge on any atom is 0.312 e. The second-order valence-electron chi connectivity index (χ2n) is 4.48. The fourth-order valence-electron chi connectivity index (χ4n) is 2.14. The molecule has 1 fully saturated rings. The van der Waals surface area contributed by atoms with Gasteiger partial charge in [-0.25, -0.2) is 0 Å². The van der Waals surface area contributed by atoms with Crippen LogP contribution in [0.3, 0.4) is 0 Å². The number of ether oxygens (including phenoxy) is 2. The van der Waals surface area contributed by atoms with Gasteiger partial charge in [0.1, 0.15) is 0 Å². The predicted molar refractivity (Wildman–Crippen MR) is 56.8 cm³/mol. The number of carbonyl (C=O) groups is 1. The molecular formula is C12H12O5. The molecule has 0 saturated heterocycles. The van der Waals surface area contributed by atoms with Crippen LogP contribution >= 0.6 is 0 Å². The van der Waals surface area contributed by atoms with Crippen molar-refractivity contribution >= 4 is 5.97 Å². The van der Waals surface area contributed by atoms with Crippen molar-refractivity contribution in [3.63, 3.8) is 0 Å². The van der Waals surface area contributed by atoms with Crippen LogP contribution in [0.4, 0.5) is 0 Å². The van der Waals surface area contributed by atoms with Gasteiger partial charge in [0.05, 0.1) is 11.5 Å². The summed E-state index contributed by atoms with van der Waals surface area (Å²) >= 11 is 0. The minimum Gasteiger partial charge on any atom is -0.481 e. The molecule has 1 aliphatic carbocycles. The standard InChI is InChI=1S/C12H12O5/c13-10(12(3-4-12)11(14)15)7-1-2-8-9(5-7)17-6-16-8/h1-2,5,10,13H,3-4,6H2,(H,14,15). The Kier molecular flexibility index (Phi) is 2.06. The highest BCUT2D eigenvalue weighted by Gasteiger charge is 2.56. The zero-order valence-electron chi connectivity index (χ0n) is 9.05. The predicted octanol–water partition coefficient (Wildman–Crippen LogP) is 1.31. The molecule has 1 aliphatic heterocycles. The van der Waals surface area contributed by atoms with E-state index in [1.165, 1.54) is 0 Å². The SMILES string of the molecule is O=C(O)C1(C(O)c2ccc3c(c2)OCO3)CC1. The third-order valence-electron chi connectivity index (χ3n) is 3.45. The zero-order chi connectivity index (χ0) is 12.0. The van der Waals surface area contributed by atoms with Gasteiger partial charge in [0.15, 0.2) is 11.5 Å². The van der Waals surface area contributed by atoms with E-state index in [-0.39, 0.29) is 6.79 Å². The number of rotatable bonds is 3. The number of hydrogen-bond acceptors (Lipinski definition) is 4. The van der Waals surface area contributed by atoms with E-state index in [2.05, 4.69) is 0 Å². The fraction of sp³-hybridized carbons (Fsp3) is 0.417. The lowest BCUT2D eigenvalue weighted by Gasteiger charge is -2.18. The topological polar surface area (TPSA) is 76.0 Å². The molecule has 0 aromatic heterocycles. The van der Waals surface area contributed by atoms with Crippen molar-refractivity contribution in [3.8, 4) is 11.5 Å². The third kappa shape index (κ3) is 1.46. The molecule has 0 amide bonds. The summed E-state index contributed by atoms with van der Waals surface area (Å²) in [4.78, 5) is 11.1. The Balaban J connectivity index is 1.92. The van der Waals surface area contributed by atoms with Crippen LogP contribution in [0.1, 0.15) is 24.5 Å². The van der Waals surface area contributed by atoms with Crippen molar-refractivity contribution < 1.29 is 24.5 Å². The van der Waals surface area contributed by atoms with Crippen LogP contribution in [-0.4, -0.2) is 23.0 Å². The largest absolute Gasteiger partial charge is 0.481 e. The highest BCUT2D eigenvalue weighted by atomic mass is 16.7. The average Bonchev–Trinajstić information content (AvgIpc) is 3.00. The Labute approximate surface area is 97.6 Å². The van der Waals surface area contributed by atoms with Crippen molar-refractivity contribution in [3.05, 3.63) is 23.8 Å². The van der Waals surface area contributed by atoms with E-state index in [4.69, 9.17) is 14.6 Å². The molecule has 2 aliphatic rings. The summed E-state index contributed by atoms with van der Waals surface area (Å²) in [6.07, 6.45) is 0.0325. The van der Waals surface area contributed by atoms with E-state index in [1.54, 1.807) is 18.2 Å². The maximum atomic E-state index is 11.1. The van der Waals surface area contributed by atoms with Gasteiger partial charge in [-0.2, -0.15) is 0 Å². The summed E-state index contributed by atoms with van der Waals surface area (Å²) < 4.78 is 10.4. The lowest BCUT2D eigenvalue weighted by molar-refractivity contribution is -0.148. The molecule has 90 valence electrons. The number of carboxylic acid groups (broad SMARTS) is 1. The van der Waals surface area contributed by atoms with Gasteiger partial charge in [-0.15, -0.1) is 0 Å². The van der Waals surface area contributed by atoms with Crippen molar-refractivity contribution in [1.29, 1.82) is 0 Å². The quantitative estimate of drug-likeness (QED) is 0.827. The van der Waals surface area contributed by atoms with Gasteiger partial charge in [0, 0.05) is 0 Å². The second-order valence-corrected chi connectivity index (χ2v) is 4.48. The maximum absolute atomic E-state index is 11.1. The summed E-state index contributed by atoms with van der Waals surface area (Å²) in [5.41, 5.74) is -0.442. The number of aliphatic hydroxyl groups is 1. The lowest BCUT2D eigenvalue weighted by atomic mass is 9.93. The number of hydrogen-bond donors (Lipinski definition) is 2. The van der Waals surface area contributed by atoms with Gasteiger partial charge in [-0.3, -0.25) is 4.79 Å². The van der Waals surface area contributed by atoms with Crippen LogP contribution in [0.5, 0.6) is 11.5 Å². The average molecular weight is 236 g/mol. The van der Waals surface area contributed by atoms with Gasteiger partial charge in [0.2, 0.25) is 6.79 Å². The van der Waals surface area contributed by atoms with E-state index in [0.717, 1.165) is 0 Å². The van der Waals surface area contributed by atoms with Crippen molar-refractivity contribution in [1.82, 2.24) is 0 Å². The Morgan fingerprint density at radius 1 is 1.29 bits per heavy atom. The van der Waals surface area contributed by atoms with E-state index >= 15 is 0 Å². The van der Waals surface area contributed by atoms with Gasteiger partial charge < -0.3 is 19.7 Å². The fourth-order valence-corrected chi connectivity index (χ4v) is 2.14. The molecule has 0 spiro atoms. The Morgan fingerprint density at radius 2 is 2.00 bits per heavy atom. The summed E-state index contributed by atoms with van der Waals surface area (Å²) in [5, 5.41) is 19.2. The van der Waals surface area contributed by atoms with Crippen LogP contribution in [0.2, 0.25) is 0 Å². The van der Waals surface area contributed by atoms with Crippen LogP contribution in [0.25, 0.3) is 0 Å². The molecule has 17 heavy (non-hydrogen) atoms. The molecule has 1 unspecified atom stereocenters. The van der Waals surface area contributed by atoms with Crippen molar-refractivity contribution in [2.45, 2.75) is 18.9 Å². The lowest BCUT2D eigenvalue weighted by Crippen LogP contribution is -2.23. The third-order valence-corrected chi connectivity index (χ3v) is 3.45. The first-order valence-corrected chi connectivity index (χ1v) is 5.44. The highest BCUT2D eigenvalue weighted by molar-refractivity contribution is 5.79. The molecule has 1 aromatic rings. The first kappa shape index (κ1) is 10.4. The molecule has 1 saturated carbocycles. The molecule has 1 aromatic carbocycles. The smallest absolute Gasteiger partial charge is 0.312 e. The Bertz CT molecular complexity index is 478. The van der Waals surface area contributed by atoms with Crippen LogP contribution in [-0.2, 0) is 4.79 Å². The number of carboxylic acids is 1. The molecule has 2 N–H and O–H groups in total. The minimum atomic E-state index is -1.01. The van der Waals surface area contributed by atoms with E-state index < -0.39 is 17.5 Å².